The van der Waals surface area contributed by atoms with Crippen LogP contribution in [0.3, 0.4) is 0 Å². The average molecular weight is 324 g/mol. The number of nitrogens with one attached hydrogen (secondary N) is 1. The van der Waals surface area contributed by atoms with Crippen LogP contribution in [0.25, 0.3) is 11.5 Å². The predicted molar refractivity (Wildman–Crippen MR) is 87.3 cm³/mol. The molecule has 1 amide bonds. The second-order valence-corrected chi connectivity index (χ2v) is 5.29. The van der Waals surface area contributed by atoms with Crippen LogP contribution in [0.4, 0.5) is 5.82 Å². The number of carbonyl (C=O) groups excluding carboxylic acids is 1. The van der Waals surface area contributed by atoms with E-state index in [1.165, 1.54) is 12.3 Å². The number of aromatic hydroxyl groups is 1. The minimum atomic E-state index is -0.293. The Bertz CT molecular complexity index is 843. The summed E-state index contributed by atoms with van der Waals surface area (Å²) >= 11 is 0. The third kappa shape index (κ3) is 3.75. The molecule has 0 radical (unpaired) electrons. The number of hydrogen-bond acceptors (Lipinski definition) is 6. The molecule has 2 heterocycles. The summed E-state index contributed by atoms with van der Waals surface area (Å²) in [5.41, 5.74) is 1.98. The highest BCUT2D eigenvalue weighted by atomic mass is 16.4. The molecule has 0 fully saturated rings. The molecule has 122 valence electrons. The van der Waals surface area contributed by atoms with Gasteiger partial charge in [0.15, 0.2) is 11.6 Å². The zero-order valence-electron chi connectivity index (χ0n) is 13.1. The number of benzene rings is 1. The standard InChI is InChI=1S/C17H16N4O3/c1-11-4-6-12(7-5-11)17-21-20-15(24-17)9-8-14(23)19-16-13(22)3-2-10-18-16/h2-7,10,22H,8-9H2,1H3,(H,18,19,23). The second-order valence-electron chi connectivity index (χ2n) is 5.29. The first-order chi connectivity index (χ1) is 11.6. The van der Waals surface area contributed by atoms with Gasteiger partial charge in [-0.15, -0.1) is 10.2 Å². The van der Waals surface area contributed by atoms with Crippen LogP contribution >= 0.6 is 0 Å². The molecule has 0 saturated heterocycles. The number of anilines is 1. The largest absolute Gasteiger partial charge is 0.504 e. The van der Waals surface area contributed by atoms with Crippen molar-refractivity contribution in [2.24, 2.45) is 0 Å². The van der Waals surface area contributed by atoms with Crippen LogP contribution in [0.5, 0.6) is 5.75 Å². The quantitative estimate of drug-likeness (QED) is 0.748. The zero-order valence-corrected chi connectivity index (χ0v) is 13.1. The lowest BCUT2D eigenvalue weighted by Gasteiger charge is -2.04. The van der Waals surface area contributed by atoms with Gasteiger partial charge < -0.3 is 14.8 Å². The highest BCUT2D eigenvalue weighted by Crippen LogP contribution is 2.20. The molecule has 3 aromatic rings. The smallest absolute Gasteiger partial charge is 0.247 e. The number of amides is 1. The maximum atomic E-state index is 11.9. The lowest BCUT2D eigenvalue weighted by Crippen LogP contribution is -2.13. The molecule has 0 spiro atoms. The van der Waals surface area contributed by atoms with Gasteiger partial charge in [-0.1, -0.05) is 17.7 Å². The Kier molecular flexibility index (Phi) is 4.51. The number of aryl methyl sites for hydroxylation is 2. The Hall–Kier alpha value is -3.22. The van der Waals surface area contributed by atoms with Gasteiger partial charge in [-0.2, -0.15) is 0 Å². The lowest BCUT2D eigenvalue weighted by molar-refractivity contribution is -0.116. The van der Waals surface area contributed by atoms with E-state index in [0.29, 0.717) is 18.2 Å². The maximum absolute atomic E-state index is 11.9. The van der Waals surface area contributed by atoms with Gasteiger partial charge in [0.1, 0.15) is 0 Å². The van der Waals surface area contributed by atoms with Gasteiger partial charge in [0, 0.05) is 24.6 Å². The van der Waals surface area contributed by atoms with Crippen LogP contribution in [-0.2, 0) is 11.2 Å². The van der Waals surface area contributed by atoms with E-state index in [2.05, 4.69) is 20.5 Å². The Morgan fingerprint density at radius 3 is 2.75 bits per heavy atom. The first-order valence-electron chi connectivity index (χ1n) is 7.45. The van der Waals surface area contributed by atoms with Gasteiger partial charge in [0.2, 0.25) is 17.7 Å². The molecule has 2 aromatic heterocycles. The van der Waals surface area contributed by atoms with Gasteiger partial charge in [-0.25, -0.2) is 4.98 Å². The first kappa shape index (κ1) is 15.7. The molecule has 1 aromatic carbocycles. The fraction of sp³-hybridized carbons (Fsp3) is 0.176. The number of carbonyl (C=O) groups is 1. The molecule has 0 aliphatic heterocycles. The van der Waals surface area contributed by atoms with Crippen molar-refractivity contribution < 1.29 is 14.3 Å². The van der Waals surface area contributed by atoms with Crippen molar-refractivity contribution in [3.8, 4) is 17.2 Å². The molecular weight excluding hydrogens is 308 g/mol. The monoisotopic (exact) mass is 324 g/mol. The van der Waals surface area contributed by atoms with Gasteiger partial charge in [-0.3, -0.25) is 4.79 Å². The van der Waals surface area contributed by atoms with Crippen LogP contribution in [0, 0.1) is 6.92 Å². The number of aromatic nitrogens is 3. The number of rotatable bonds is 5. The molecule has 0 bridgehead atoms. The summed E-state index contributed by atoms with van der Waals surface area (Å²) in [6.07, 6.45) is 1.94. The third-order valence-electron chi connectivity index (χ3n) is 3.38. The van der Waals surface area contributed by atoms with Crippen molar-refractivity contribution in [1.82, 2.24) is 15.2 Å². The van der Waals surface area contributed by atoms with E-state index in [1.54, 1.807) is 6.07 Å². The van der Waals surface area contributed by atoms with E-state index >= 15 is 0 Å². The minimum Gasteiger partial charge on any atom is -0.504 e. The summed E-state index contributed by atoms with van der Waals surface area (Å²) in [6.45, 7) is 2.00. The Morgan fingerprint density at radius 1 is 1.21 bits per heavy atom. The summed E-state index contributed by atoms with van der Waals surface area (Å²) in [6, 6.07) is 10.8. The molecule has 3 rings (SSSR count). The van der Waals surface area contributed by atoms with E-state index in [9.17, 15) is 9.90 Å². The molecule has 7 nitrogen and oxygen atoms in total. The highest BCUT2D eigenvalue weighted by Gasteiger charge is 2.12. The Balaban J connectivity index is 1.58. The third-order valence-corrected chi connectivity index (χ3v) is 3.38. The fourth-order valence-electron chi connectivity index (χ4n) is 2.08. The normalized spacial score (nSPS) is 10.5. The van der Waals surface area contributed by atoms with Crippen LogP contribution in [0.1, 0.15) is 17.9 Å². The molecule has 7 heteroatoms. The van der Waals surface area contributed by atoms with E-state index in [1.807, 2.05) is 31.2 Å². The second kappa shape index (κ2) is 6.91. The van der Waals surface area contributed by atoms with Crippen molar-refractivity contribution in [3.63, 3.8) is 0 Å². The molecule has 0 saturated carbocycles. The van der Waals surface area contributed by atoms with Crippen molar-refractivity contribution in [3.05, 3.63) is 54.0 Å². The van der Waals surface area contributed by atoms with E-state index in [0.717, 1.165) is 11.1 Å². The van der Waals surface area contributed by atoms with Gasteiger partial charge in [-0.05, 0) is 31.2 Å². The van der Waals surface area contributed by atoms with Gasteiger partial charge in [0.05, 0.1) is 0 Å². The fourth-order valence-corrected chi connectivity index (χ4v) is 2.08. The molecule has 0 atom stereocenters. The van der Waals surface area contributed by atoms with E-state index in [4.69, 9.17) is 4.42 Å². The minimum absolute atomic E-state index is 0.0784. The molecule has 0 aliphatic rings. The number of pyridine rings is 1. The van der Waals surface area contributed by atoms with E-state index < -0.39 is 0 Å². The molecular formula is C17H16N4O3. The lowest BCUT2D eigenvalue weighted by atomic mass is 10.1. The van der Waals surface area contributed by atoms with Crippen molar-refractivity contribution >= 4 is 11.7 Å². The van der Waals surface area contributed by atoms with Crippen molar-refractivity contribution in [2.45, 2.75) is 19.8 Å². The summed E-state index contributed by atoms with van der Waals surface area (Å²) in [4.78, 5) is 15.8. The van der Waals surface area contributed by atoms with Crippen molar-refractivity contribution in [1.29, 1.82) is 0 Å². The molecule has 2 N–H and O–H groups in total. The Morgan fingerprint density at radius 2 is 2.00 bits per heavy atom. The summed E-state index contributed by atoms with van der Waals surface area (Å²) in [5, 5.41) is 20.1. The molecule has 24 heavy (non-hydrogen) atoms. The summed E-state index contributed by atoms with van der Waals surface area (Å²) < 4.78 is 5.57. The topological polar surface area (TPSA) is 101 Å². The average Bonchev–Trinajstić information content (AvgIpc) is 3.05. The number of hydrogen-bond donors (Lipinski definition) is 2. The van der Waals surface area contributed by atoms with Gasteiger partial charge in [0.25, 0.3) is 0 Å². The molecule has 0 unspecified atom stereocenters. The number of nitrogens with zero attached hydrogens (tertiary/aromatic N) is 3. The summed E-state index contributed by atoms with van der Waals surface area (Å²) in [7, 11) is 0. The highest BCUT2D eigenvalue weighted by molar-refractivity contribution is 5.91. The SMILES string of the molecule is Cc1ccc(-c2nnc(CCC(=O)Nc3ncccc3O)o2)cc1. The summed E-state index contributed by atoms with van der Waals surface area (Å²) in [5.74, 6) is 0.566. The van der Waals surface area contributed by atoms with Crippen LogP contribution in [0.15, 0.2) is 47.0 Å². The van der Waals surface area contributed by atoms with Crippen LogP contribution in [0.2, 0.25) is 0 Å². The van der Waals surface area contributed by atoms with Gasteiger partial charge >= 0.3 is 0 Å². The maximum Gasteiger partial charge on any atom is 0.247 e. The predicted octanol–water partition coefficient (Wildman–Crippen LogP) is 2.72. The van der Waals surface area contributed by atoms with Crippen LogP contribution in [-0.4, -0.2) is 26.2 Å². The Labute approximate surface area is 138 Å². The van der Waals surface area contributed by atoms with Crippen LogP contribution < -0.4 is 5.32 Å². The van der Waals surface area contributed by atoms with E-state index in [-0.39, 0.29) is 23.9 Å². The molecule has 0 aliphatic carbocycles. The van der Waals surface area contributed by atoms with Crippen molar-refractivity contribution in [2.75, 3.05) is 5.32 Å². The first-order valence-corrected chi connectivity index (χ1v) is 7.45. The zero-order chi connectivity index (χ0) is 16.9.